The van der Waals surface area contributed by atoms with Gasteiger partial charge in [-0.05, 0) is 32.2 Å². The van der Waals surface area contributed by atoms with Crippen molar-refractivity contribution in [1.82, 2.24) is 57.2 Å². The SMILES string of the molecule is NCCCC[C@@H]1NC(=O)[C@H](CCC(N)=O)NC(=O)[C@H](Cc2cnc[nH]2)NC(=O)[C@H](Cc2cnc[nH]2)NC(=O)CNC(=O)[C@H](CS)NC(=O)CNC1=O. The average molecular weight is 748 g/mol. The lowest BCUT2D eigenvalue weighted by atomic mass is 10.0. The molecule has 21 nitrogen and oxygen atoms in total. The Bertz CT molecular complexity index is 1540. The normalized spacial score (nSPS) is 23.1. The molecule has 1 fully saturated rings. The van der Waals surface area contributed by atoms with Gasteiger partial charge in [0.1, 0.15) is 30.2 Å². The molecule has 2 aromatic rings. The predicted octanol–water partition coefficient (Wildman–Crippen LogP) is -5.09. The standard InChI is InChI=1S/C30H45N13O8S/c31-6-2-1-3-18-26(47)35-12-25(46)40-22(13-52)27(48)36-11-24(45)39-20(7-16-9-33-14-37-16)29(50)43-21(8-17-10-34-15-38-17)30(51)42-19(28(49)41-18)4-5-23(32)44/h9-10,14-15,18-22,52H,1-8,11-13,31H2,(H2,32,44)(H,33,37)(H,34,38)(H,35,47)(H,36,48)(H,39,45)(H,40,46)(H,41,49)(H,42,51)(H,43,50)/t18-,19-,20-,21-,22-/m0/s1. The Kier molecular flexibility index (Phi) is 16.5. The van der Waals surface area contributed by atoms with Crippen LogP contribution in [0.15, 0.2) is 25.0 Å². The zero-order valence-corrected chi connectivity index (χ0v) is 29.1. The van der Waals surface area contributed by atoms with E-state index in [1.54, 1.807) is 0 Å². The molecule has 13 N–H and O–H groups in total. The molecule has 1 saturated heterocycles. The molecule has 22 heteroatoms. The molecular weight excluding hydrogens is 702 g/mol. The first-order chi connectivity index (χ1) is 24.9. The van der Waals surface area contributed by atoms with Crippen LogP contribution in [0.3, 0.4) is 0 Å². The third-order valence-electron chi connectivity index (χ3n) is 7.82. The van der Waals surface area contributed by atoms with Gasteiger partial charge in [0.25, 0.3) is 0 Å². The molecule has 0 aromatic carbocycles. The highest BCUT2D eigenvalue weighted by Crippen LogP contribution is 2.08. The Hall–Kier alpha value is -5.51. The van der Waals surface area contributed by atoms with Crippen LogP contribution < -0.4 is 48.7 Å². The lowest BCUT2D eigenvalue weighted by Crippen LogP contribution is -2.59. The first kappa shape index (κ1) is 40.9. The molecular formula is C30H45N13O8S. The summed E-state index contributed by atoms with van der Waals surface area (Å²) in [5, 5.41) is 17.5. The molecule has 1 aliphatic rings. The van der Waals surface area contributed by atoms with Gasteiger partial charge in [-0.3, -0.25) is 38.4 Å². The zero-order valence-electron chi connectivity index (χ0n) is 28.2. The lowest BCUT2D eigenvalue weighted by molar-refractivity contribution is -0.135. The fourth-order valence-corrected chi connectivity index (χ4v) is 5.31. The van der Waals surface area contributed by atoms with Gasteiger partial charge >= 0.3 is 0 Å². The van der Waals surface area contributed by atoms with Crippen LogP contribution in [0.1, 0.15) is 43.5 Å². The van der Waals surface area contributed by atoms with E-state index in [9.17, 15) is 38.4 Å². The van der Waals surface area contributed by atoms with Crippen LogP contribution in [-0.4, -0.2) is 123 Å². The summed E-state index contributed by atoms with van der Waals surface area (Å²) in [6.07, 6.45) is 5.78. The molecule has 5 atom stereocenters. The highest BCUT2D eigenvalue weighted by Gasteiger charge is 2.33. The molecule has 0 bridgehead atoms. The van der Waals surface area contributed by atoms with E-state index >= 15 is 0 Å². The van der Waals surface area contributed by atoms with E-state index in [1.807, 2.05) is 0 Å². The lowest BCUT2D eigenvalue weighted by Gasteiger charge is -2.26. The van der Waals surface area contributed by atoms with Crippen LogP contribution in [0.25, 0.3) is 0 Å². The quantitative estimate of drug-likeness (QED) is 0.0720. The van der Waals surface area contributed by atoms with Gasteiger partial charge in [-0.15, -0.1) is 0 Å². The van der Waals surface area contributed by atoms with Gasteiger partial charge in [-0.25, -0.2) is 9.97 Å². The van der Waals surface area contributed by atoms with Crippen molar-refractivity contribution in [2.24, 2.45) is 11.5 Å². The number of H-pyrrole nitrogens is 2. The highest BCUT2D eigenvalue weighted by atomic mass is 32.1. The van der Waals surface area contributed by atoms with Crippen LogP contribution >= 0.6 is 12.6 Å². The van der Waals surface area contributed by atoms with Crippen LogP contribution in [-0.2, 0) is 51.2 Å². The van der Waals surface area contributed by atoms with Crippen molar-refractivity contribution in [3.05, 3.63) is 36.4 Å². The number of hydrogen-bond acceptors (Lipinski definition) is 12. The first-order valence-corrected chi connectivity index (χ1v) is 17.1. The molecule has 8 amide bonds. The molecule has 284 valence electrons. The van der Waals surface area contributed by atoms with Crippen molar-refractivity contribution in [3.63, 3.8) is 0 Å². The summed E-state index contributed by atoms with van der Waals surface area (Å²) < 4.78 is 0. The Morgan fingerprint density at radius 3 is 1.60 bits per heavy atom. The number of thiol groups is 1. The van der Waals surface area contributed by atoms with Gasteiger partial charge in [0.2, 0.25) is 47.3 Å². The largest absolute Gasteiger partial charge is 0.370 e. The smallest absolute Gasteiger partial charge is 0.243 e. The molecule has 0 radical (unpaired) electrons. The van der Waals surface area contributed by atoms with Crippen LogP contribution in [0.4, 0.5) is 0 Å². The number of aromatic nitrogens is 4. The van der Waals surface area contributed by atoms with Gasteiger partial charge < -0.3 is 58.7 Å². The van der Waals surface area contributed by atoms with Crippen LogP contribution in [0, 0.1) is 0 Å². The number of hydrogen-bond donors (Lipinski definition) is 12. The van der Waals surface area contributed by atoms with Crippen molar-refractivity contribution >= 4 is 59.9 Å². The number of carbonyl (C=O) groups is 8. The summed E-state index contributed by atoms with van der Waals surface area (Å²) in [5.74, 6) is -6.50. The Morgan fingerprint density at radius 1 is 0.654 bits per heavy atom. The summed E-state index contributed by atoms with van der Waals surface area (Å²) in [5.41, 5.74) is 11.8. The molecule has 3 rings (SSSR count). The topological polar surface area (TPSA) is 330 Å². The maximum Gasteiger partial charge on any atom is 0.243 e. The Morgan fingerprint density at radius 2 is 1.12 bits per heavy atom. The van der Waals surface area contributed by atoms with E-state index in [-0.39, 0.29) is 37.9 Å². The number of aromatic amines is 2. The van der Waals surface area contributed by atoms with E-state index in [4.69, 9.17) is 11.5 Å². The number of unbranched alkanes of at least 4 members (excludes halogenated alkanes) is 1. The average Bonchev–Trinajstić information content (AvgIpc) is 3.83. The monoisotopic (exact) mass is 747 g/mol. The van der Waals surface area contributed by atoms with Crippen molar-refractivity contribution in [2.75, 3.05) is 25.4 Å². The minimum atomic E-state index is -1.41. The fourth-order valence-electron chi connectivity index (χ4n) is 5.05. The zero-order chi connectivity index (χ0) is 38.0. The molecule has 3 heterocycles. The number of imidazole rings is 2. The van der Waals surface area contributed by atoms with E-state index in [0.29, 0.717) is 30.8 Å². The van der Waals surface area contributed by atoms with Gasteiger partial charge in [-0.1, -0.05) is 0 Å². The minimum absolute atomic E-state index is 0.102. The molecule has 0 aliphatic carbocycles. The fraction of sp³-hybridized carbons (Fsp3) is 0.533. The van der Waals surface area contributed by atoms with Crippen LogP contribution in [0.2, 0.25) is 0 Å². The first-order valence-electron chi connectivity index (χ1n) is 16.5. The molecule has 0 saturated carbocycles. The number of nitrogens with zero attached hydrogens (tertiary/aromatic N) is 2. The molecule has 0 unspecified atom stereocenters. The third-order valence-corrected chi connectivity index (χ3v) is 8.18. The van der Waals surface area contributed by atoms with Crippen molar-refractivity contribution in [2.45, 2.75) is 75.2 Å². The summed E-state index contributed by atoms with van der Waals surface area (Å²) >= 11 is 4.11. The summed E-state index contributed by atoms with van der Waals surface area (Å²) in [4.78, 5) is 118. The highest BCUT2D eigenvalue weighted by molar-refractivity contribution is 7.80. The Balaban J connectivity index is 1.99. The third kappa shape index (κ3) is 13.7. The second-order valence-corrected chi connectivity index (χ2v) is 12.3. The summed E-state index contributed by atoms with van der Waals surface area (Å²) in [6.45, 7) is -0.872. The van der Waals surface area contributed by atoms with Crippen molar-refractivity contribution in [3.8, 4) is 0 Å². The van der Waals surface area contributed by atoms with E-state index in [1.165, 1.54) is 25.0 Å². The summed E-state index contributed by atoms with van der Waals surface area (Å²) in [7, 11) is 0. The van der Waals surface area contributed by atoms with Gasteiger partial charge in [-0.2, -0.15) is 12.6 Å². The molecule has 2 aromatic heterocycles. The number of nitrogens with one attached hydrogen (secondary N) is 9. The number of primary amides is 1. The number of carbonyl (C=O) groups excluding carboxylic acids is 8. The van der Waals surface area contributed by atoms with Gasteiger partial charge in [0, 0.05) is 48.8 Å². The predicted molar refractivity (Wildman–Crippen MR) is 185 cm³/mol. The second-order valence-electron chi connectivity index (χ2n) is 11.9. The minimum Gasteiger partial charge on any atom is -0.370 e. The maximum absolute atomic E-state index is 13.8. The maximum atomic E-state index is 13.8. The number of amides is 8. The molecule has 0 spiro atoms. The summed E-state index contributed by atoms with van der Waals surface area (Å²) in [6, 6.07) is -6.46. The Labute approximate surface area is 303 Å². The number of rotatable bonds is 12. The van der Waals surface area contributed by atoms with Gasteiger partial charge in [0.05, 0.1) is 25.7 Å². The molecule has 52 heavy (non-hydrogen) atoms. The van der Waals surface area contributed by atoms with Crippen molar-refractivity contribution < 1.29 is 38.4 Å². The molecule has 1 aliphatic heterocycles. The van der Waals surface area contributed by atoms with Gasteiger partial charge in [0.15, 0.2) is 0 Å². The number of nitrogens with two attached hydrogens (primary N) is 2. The van der Waals surface area contributed by atoms with E-state index in [0.717, 1.165) is 0 Å². The van der Waals surface area contributed by atoms with E-state index in [2.05, 4.69) is 69.8 Å². The second kappa shape index (κ2) is 21.0. The van der Waals surface area contributed by atoms with Crippen LogP contribution in [0.5, 0.6) is 0 Å². The van der Waals surface area contributed by atoms with Crippen molar-refractivity contribution in [1.29, 1.82) is 0 Å². The van der Waals surface area contributed by atoms with E-state index < -0.39 is 90.6 Å².